The van der Waals surface area contributed by atoms with E-state index in [-0.39, 0.29) is 18.9 Å². The quantitative estimate of drug-likeness (QED) is 0.748. The van der Waals surface area contributed by atoms with Crippen LogP contribution in [-0.4, -0.2) is 24.9 Å². The van der Waals surface area contributed by atoms with Gasteiger partial charge < -0.3 is 5.32 Å². The molecule has 0 amide bonds. The zero-order chi connectivity index (χ0) is 13.3. The van der Waals surface area contributed by atoms with E-state index in [2.05, 4.69) is 5.32 Å². The zero-order valence-corrected chi connectivity index (χ0v) is 9.33. The average molecular weight is 263 g/mol. The molecule has 0 spiro atoms. The molecule has 17 heavy (non-hydrogen) atoms. The lowest BCUT2D eigenvalue weighted by Crippen LogP contribution is -2.51. The second-order valence-electron chi connectivity index (χ2n) is 4.40. The Morgan fingerprint density at radius 3 is 1.82 bits per heavy atom. The van der Waals surface area contributed by atoms with Gasteiger partial charge in [-0.15, -0.1) is 0 Å². The topological polar surface area (TPSA) is 12.0 Å². The Balaban J connectivity index is 2.82. The highest BCUT2D eigenvalue weighted by molar-refractivity contribution is 4.90. The molecule has 0 aromatic rings. The van der Waals surface area contributed by atoms with Crippen LogP contribution in [0.5, 0.6) is 0 Å². The Morgan fingerprint density at radius 2 is 1.53 bits per heavy atom. The van der Waals surface area contributed by atoms with Gasteiger partial charge in [-0.05, 0) is 18.9 Å². The Kier molecular flexibility index (Phi) is 4.33. The predicted molar refractivity (Wildman–Crippen MR) is 50.4 cm³/mol. The van der Waals surface area contributed by atoms with Crippen molar-refractivity contribution < 1.29 is 26.3 Å². The van der Waals surface area contributed by atoms with Crippen molar-refractivity contribution in [2.75, 3.05) is 6.54 Å². The molecule has 1 saturated carbocycles. The molecule has 1 aliphatic carbocycles. The standard InChI is InChI=1S/C10H15F6N/c1-2-17-7(5-6-3-4-6)8(9(11,12)13)10(14,15)16/h6-8,17H,2-5H2,1H3. The van der Waals surface area contributed by atoms with Crippen LogP contribution in [-0.2, 0) is 0 Å². The number of hydrogen-bond acceptors (Lipinski definition) is 1. The van der Waals surface area contributed by atoms with Crippen molar-refractivity contribution >= 4 is 0 Å². The summed E-state index contributed by atoms with van der Waals surface area (Å²) in [5.74, 6) is -3.26. The van der Waals surface area contributed by atoms with Gasteiger partial charge in [-0.1, -0.05) is 19.8 Å². The van der Waals surface area contributed by atoms with E-state index < -0.39 is 24.3 Å². The molecule has 0 aromatic heterocycles. The summed E-state index contributed by atoms with van der Waals surface area (Å²) in [5, 5.41) is 2.33. The summed E-state index contributed by atoms with van der Waals surface area (Å²) in [7, 11) is 0. The second-order valence-corrected chi connectivity index (χ2v) is 4.40. The SMILES string of the molecule is CCNC(CC1CC1)C(C(F)(F)F)C(F)(F)F. The smallest absolute Gasteiger partial charge is 0.313 e. The van der Waals surface area contributed by atoms with Crippen LogP contribution in [0.3, 0.4) is 0 Å². The minimum absolute atomic E-state index is 0.00579. The molecule has 1 rings (SSSR count). The van der Waals surface area contributed by atoms with Crippen molar-refractivity contribution in [2.45, 2.75) is 44.6 Å². The number of nitrogens with one attached hydrogen (secondary N) is 1. The Hall–Kier alpha value is -0.460. The molecule has 0 aliphatic heterocycles. The molecule has 1 fully saturated rings. The summed E-state index contributed by atoms with van der Waals surface area (Å²) in [5.41, 5.74) is 0. The minimum Gasteiger partial charge on any atom is -0.313 e. The summed E-state index contributed by atoms with van der Waals surface area (Å²) in [6.07, 6.45) is -9.11. The summed E-state index contributed by atoms with van der Waals surface area (Å²) < 4.78 is 75.0. The Morgan fingerprint density at radius 1 is 1.06 bits per heavy atom. The maximum absolute atomic E-state index is 12.5. The number of hydrogen-bond donors (Lipinski definition) is 1. The van der Waals surface area contributed by atoms with Crippen LogP contribution in [0.1, 0.15) is 26.2 Å². The molecule has 1 aliphatic rings. The summed E-state index contributed by atoms with van der Waals surface area (Å²) >= 11 is 0. The molecule has 0 heterocycles. The Labute approximate surface area is 95.6 Å². The largest absolute Gasteiger partial charge is 0.401 e. The Bertz CT molecular complexity index is 228. The van der Waals surface area contributed by atoms with Crippen molar-refractivity contribution in [1.82, 2.24) is 5.32 Å². The molecule has 1 atom stereocenters. The monoisotopic (exact) mass is 263 g/mol. The van der Waals surface area contributed by atoms with E-state index in [0.29, 0.717) is 0 Å². The van der Waals surface area contributed by atoms with Crippen LogP contribution in [0.4, 0.5) is 26.3 Å². The highest BCUT2D eigenvalue weighted by Gasteiger charge is 2.60. The molecule has 102 valence electrons. The van der Waals surface area contributed by atoms with Gasteiger partial charge in [0, 0.05) is 6.04 Å². The van der Waals surface area contributed by atoms with Crippen LogP contribution in [0.15, 0.2) is 0 Å². The minimum atomic E-state index is -5.25. The van der Waals surface area contributed by atoms with Gasteiger partial charge in [0.2, 0.25) is 0 Å². The van der Waals surface area contributed by atoms with Crippen molar-refractivity contribution in [1.29, 1.82) is 0 Å². The lowest BCUT2D eigenvalue weighted by atomic mass is 9.93. The fraction of sp³-hybridized carbons (Fsp3) is 1.00. The first-order chi connectivity index (χ1) is 7.66. The molecule has 0 saturated heterocycles. The maximum Gasteiger partial charge on any atom is 0.401 e. The molecule has 0 bridgehead atoms. The summed E-state index contributed by atoms with van der Waals surface area (Å²) in [6, 6.07) is -1.56. The van der Waals surface area contributed by atoms with Crippen LogP contribution in [0.2, 0.25) is 0 Å². The second kappa shape index (κ2) is 5.04. The molecule has 1 nitrogen and oxygen atoms in total. The third-order valence-electron chi connectivity index (χ3n) is 2.86. The number of halogens is 6. The zero-order valence-electron chi connectivity index (χ0n) is 9.33. The highest BCUT2D eigenvalue weighted by Crippen LogP contribution is 2.45. The van der Waals surface area contributed by atoms with Crippen LogP contribution in [0, 0.1) is 11.8 Å². The van der Waals surface area contributed by atoms with Crippen molar-refractivity contribution in [3.63, 3.8) is 0 Å². The molecule has 0 radical (unpaired) electrons. The van der Waals surface area contributed by atoms with E-state index in [0.717, 1.165) is 12.8 Å². The molecular formula is C10H15F6N. The van der Waals surface area contributed by atoms with E-state index in [1.165, 1.54) is 6.92 Å². The highest BCUT2D eigenvalue weighted by atomic mass is 19.4. The number of rotatable bonds is 5. The molecule has 1 unspecified atom stereocenters. The molecule has 7 heteroatoms. The van der Waals surface area contributed by atoms with Crippen molar-refractivity contribution in [3.05, 3.63) is 0 Å². The van der Waals surface area contributed by atoms with Gasteiger partial charge in [0.1, 0.15) is 0 Å². The lowest BCUT2D eigenvalue weighted by molar-refractivity contribution is -0.292. The third-order valence-corrected chi connectivity index (χ3v) is 2.86. The fourth-order valence-corrected chi connectivity index (χ4v) is 1.95. The molecule has 0 aromatic carbocycles. The van der Waals surface area contributed by atoms with Gasteiger partial charge in [0.15, 0.2) is 5.92 Å². The van der Waals surface area contributed by atoms with E-state index in [9.17, 15) is 26.3 Å². The molecule has 1 N–H and O–H groups in total. The maximum atomic E-state index is 12.5. The lowest BCUT2D eigenvalue weighted by Gasteiger charge is -2.31. The van der Waals surface area contributed by atoms with Crippen molar-refractivity contribution in [2.24, 2.45) is 11.8 Å². The van der Waals surface area contributed by atoms with E-state index in [1.807, 2.05) is 0 Å². The summed E-state index contributed by atoms with van der Waals surface area (Å²) in [6.45, 7) is 1.60. The summed E-state index contributed by atoms with van der Waals surface area (Å²) in [4.78, 5) is 0. The number of alkyl halides is 6. The van der Waals surface area contributed by atoms with E-state index in [4.69, 9.17) is 0 Å². The molecular weight excluding hydrogens is 248 g/mol. The normalized spacial score (nSPS) is 19.8. The van der Waals surface area contributed by atoms with Gasteiger partial charge in [0.25, 0.3) is 0 Å². The average Bonchev–Trinajstić information content (AvgIpc) is 2.82. The first-order valence-corrected chi connectivity index (χ1v) is 5.53. The van der Waals surface area contributed by atoms with Crippen LogP contribution in [0.25, 0.3) is 0 Å². The van der Waals surface area contributed by atoms with Crippen LogP contribution >= 0.6 is 0 Å². The van der Waals surface area contributed by atoms with E-state index in [1.54, 1.807) is 0 Å². The van der Waals surface area contributed by atoms with Gasteiger partial charge in [-0.3, -0.25) is 0 Å². The first kappa shape index (κ1) is 14.6. The van der Waals surface area contributed by atoms with Crippen LogP contribution < -0.4 is 5.32 Å². The predicted octanol–water partition coefficient (Wildman–Crippen LogP) is 3.51. The van der Waals surface area contributed by atoms with Crippen molar-refractivity contribution in [3.8, 4) is 0 Å². The van der Waals surface area contributed by atoms with Gasteiger partial charge >= 0.3 is 12.4 Å². The third kappa shape index (κ3) is 4.37. The van der Waals surface area contributed by atoms with E-state index >= 15 is 0 Å². The first-order valence-electron chi connectivity index (χ1n) is 5.53. The van der Waals surface area contributed by atoms with Gasteiger partial charge in [-0.2, -0.15) is 26.3 Å². The fourth-order valence-electron chi connectivity index (χ4n) is 1.95. The van der Waals surface area contributed by atoms with Gasteiger partial charge in [-0.25, -0.2) is 0 Å². The van der Waals surface area contributed by atoms with Gasteiger partial charge in [0.05, 0.1) is 0 Å².